The quantitative estimate of drug-likeness (QED) is 0.538. The van der Waals surface area contributed by atoms with Crippen LogP contribution in [0.2, 0.25) is 0 Å². The minimum Gasteiger partial charge on any atom is -0.463 e. The van der Waals surface area contributed by atoms with Crippen molar-refractivity contribution < 1.29 is 4.74 Å². The number of pyridine rings is 1. The van der Waals surface area contributed by atoms with E-state index in [0.717, 1.165) is 30.2 Å². The normalized spacial score (nSPS) is 13.5. The van der Waals surface area contributed by atoms with E-state index in [1.54, 1.807) is 6.20 Å². The van der Waals surface area contributed by atoms with Gasteiger partial charge in [0, 0.05) is 37.5 Å². The van der Waals surface area contributed by atoms with Crippen LogP contribution < -0.4 is 9.64 Å². The lowest BCUT2D eigenvalue weighted by molar-refractivity contribution is 0.295. The summed E-state index contributed by atoms with van der Waals surface area (Å²) < 4.78 is 5.80. The Labute approximate surface area is 170 Å². The van der Waals surface area contributed by atoms with E-state index in [1.807, 2.05) is 36.4 Å². The molecule has 1 saturated heterocycles. The Balaban J connectivity index is 1.44. The molecular weight excluding hydrogens is 364 g/mol. The van der Waals surface area contributed by atoms with Crippen molar-refractivity contribution in [2.24, 2.45) is 10.2 Å². The molecule has 3 aromatic rings. The van der Waals surface area contributed by atoms with Gasteiger partial charge in [-0.2, -0.15) is 15.1 Å². The van der Waals surface area contributed by atoms with E-state index in [0.29, 0.717) is 31.4 Å². The average molecular weight is 388 g/mol. The topological polar surface area (TPSA) is 75.9 Å². The van der Waals surface area contributed by atoms with Gasteiger partial charge < -0.3 is 9.64 Å². The number of ether oxygens (including phenoxy) is 1. The highest BCUT2D eigenvalue weighted by atomic mass is 16.5. The standard InChI is InChI=1S/C22H24N6O/c1-17-6-4-7-18(14-17)16-24-27-20-15-21(28-11-5-12-28)26-22(25-20)29-13-9-19-8-2-3-10-23-19/h2-4,6-8,10,14-15H,5,9,11-13,16H2,1H3. The van der Waals surface area contributed by atoms with Gasteiger partial charge in [0.05, 0.1) is 13.2 Å². The van der Waals surface area contributed by atoms with Gasteiger partial charge in [0.1, 0.15) is 5.82 Å². The summed E-state index contributed by atoms with van der Waals surface area (Å²) in [5.74, 6) is 1.35. The lowest BCUT2D eigenvalue weighted by Gasteiger charge is -2.31. The van der Waals surface area contributed by atoms with Gasteiger partial charge in [-0.1, -0.05) is 35.9 Å². The van der Waals surface area contributed by atoms with Crippen molar-refractivity contribution in [1.29, 1.82) is 0 Å². The number of rotatable bonds is 8. The van der Waals surface area contributed by atoms with Crippen LogP contribution in [0.4, 0.5) is 11.6 Å². The van der Waals surface area contributed by atoms with Crippen LogP contribution >= 0.6 is 0 Å². The fourth-order valence-electron chi connectivity index (χ4n) is 3.02. The van der Waals surface area contributed by atoms with E-state index in [9.17, 15) is 0 Å². The number of anilines is 1. The lowest BCUT2D eigenvalue weighted by Crippen LogP contribution is -2.37. The van der Waals surface area contributed by atoms with Crippen LogP contribution in [0.5, 0.6) is 6.01 Å². The maximum atomic E-state index is 5.80. The Bertz CT molecular complexity index is 972. The van der Waals surface area contributed by atoms with Crippen molar-refractivity contribution in [3.63, 3.8) is 0 Å². The zero-order valence-electron chi connectivity index (χ0n) is 16.5. The summed E-state index contributed by atoms with van der Waals surface area (Å²) in [5.41, 5.74) is 3.31. The van der Waals surface area contributed by atoms with E-state index in [2.05, 4.69) is 49.1 Å². The van der Waals surface area contributed by atoms with Crippen LogP contribution in [0.15, 0.2) is 65.0 Å². The molecule has 1 aliphatic rings. The number of nitrogens with zero attached hydrogens (tertiary/aromatic N) is 6. The Morgan fingerprint density at radius 3 is 2.76 bits per heavy atom. The molecule has 29 heavy (non-hydrogen) atoms. The van der Waals surface area contributed by atoms with Gasteiger partial charge in [-0.15, -0.1) is 5.11 Å². The van der Waals surface area contributed by atoms with Gasteiger partial charge in [0.15, 0.2) is 5.82 Å². The number of aryl methyl sites for hydroxylation is 1. The first-order chi connectivity index (χ1) is 14.3. The third kappa shape index (κ3) is 5.34. The van der Waals surface area contributed by atoms with Crippen LogP contribution in [0.25, 0.3) is 0 Å². The van der Waals surface area contributed by atoms with Gasteiger partial charge in [-0.3, -0.25) is 4.98 Å². The molecule has 3 heterocycles. The zero-order valence-corrected chi connectivity index (χ0v) is 16.5. The maximum Gasteiger partial charge on any atom is 0.320 e. The molecule has 0 bridgehead atoms. The van der Waals surface area contributed by atoms with Crippen LogP contribution in [-0.4, -0.2) is 34.6 Å². The molecule has 0 atom stereocenters. The van der Waals surface area contributed by atoms with Gasteiger partial charge in [-0.25, -0.2) is 0 Å². The monoisotopic (exact) mass is 388 g/mol. The highest BCUT2D eigenvalue weighted by Gasteiger charge is 2.18. The van der Waals surface area contributed by atoms with Gasteiger partial charge in [0.25, 0.3) is 0 Å². The molecule has 148 valence electrons. The van der Waals surface area contributed by atoms with Crippen LogP contribution in [-0.2, 0) is 13.0 Å². The molecule has 1 aliphatic heterocycles. The SMILES string of the molecule is Cc1cccc(CN=Nc2cc(N3CCC3)nc(OCCc3ccccn3)n2)c1. The first-order valence-electron chi connectivity index (χ1n) is 9.86. The number of aromatic nitrogens is 3. The van der Waals surface area contributed by atoms with Crippen LogP contribution in [0.1, 0.15) is 23.2 Å². The summed E-state index contributed by atoms with van der Waals surface area (Å²) in [7, 11) is 0. The molecule has 0 spiro atoms. The zero-order chi connectivity index (χ0) is 19.9. The predicted molar refractivity (Wildman–Crippen MR) is 112 cm³/mol. The van der Waals surface area contributed by atoms with Crippen LogP contribution in [0.3, 0.4) is 0 Å². The number of hydrogen-bond acceptors (Lipinski definition) is 7. The van der Waals surface area contributed by atoms with E-state index >= 15 is 0 Å². The Kier molecular flexibility index (Phi) is 6.04. The van der Waals surface area contributed by atoms with Gasteiger partial charge >= 0.3 is 6.01 Å². The summed E-state index contributed by atoms with van der Waals surface area (Å²) in [5, 5.41) is 8.63. The lowest BCUT2D eigenvalue weighted by atomic mass is 10.1. The highest BCUT2D eigenvalue weighted by molar-refractivity contribution is 5.48. The molecule has 7 heteroatoms. The summed E-state index contributed by atoms with van der Waals surface area (Å²) >= 11 is 0. The summed E-state index contributed by atoms with van der Waals surface area (Å²) in [6.07, 6.45) is 3.65. The highest BCUT2D eigenvalue weighted by Crippen LogP contribution is 2.25. The first kappa shape index (κ1) is 19.0. The molecule has 1 aromatic carbocycles. The summed E-state index contributed by atoms with van der Waals surface area (Å²) in [4.78, 5) is 15.4. The summed E-state index contributed by atoms with van der Waals surface area (Å²) in [6.45, 7) is 5.02. The fraction of sp³-hybridized carbons (Fsp3) is 0.318. The Morgan fingerprint density at radius 1 is 1.07 bits per heavy atom. The number of benzene rings is 1. The Morgan fingerprint density at radius 2 is 2.00 bits per heavy atom. The van der Waals surface area contributed by atoms with Crippen molar-refractivity contribution in [3.05, 3.63) is 71.5 Å². The molecule has 0 N–H and O–H groups in total. The maximum absolute atomic E-state index is 5.80. The molecule has 0 unspecified atom stereocenters. The van der Waals surface area contributed by atoms with Crippen LogP contribution in [0, 0.1) is 6.92 Å². The molecule has 0 radical (unpaired) electrons. The second-order valence-electron chi connectivity index (χ2n) is 7.02. The van der Waals surface area contributed by atoms with Crippen molar-refractivity contribution in [2.45, 2.75) is 26.3 Å². The molecule has 7 nitrogen and oxygen atoms in total. The van der Waals surface area contributed by atoms with Gasteiger partial charge in [0.2, 0.25) is 0 Å². The van der Waals surface area contributed by atoms with E-state index in [-0.39, 0.29) is 0 Å². The van der Waals surface area contributed by atoms with Crippen molar-refractivity contribution in [2.75, 3.05) is 24.6 Å². The van der Waals surface area contributed by atoms with Crippen molar-refractivity contribution >= 4 is 11.6 Å². The predicted octanol–water partition coefficient (Wildman–Crippen LogP) is 4.30. The fourth-order valence-corrected chi connectivity index (χ4v) is 3.02. The average Bonchev–Trinajstić information content (AvgIpc) is 2.68. The molecule has 4 rings (SSSR count). The second-order valence-corrected chi connectivity index (χ2v) is 7.02. The second kappa shape index (κ2) is 9.23. The minimum absolute atomic E-state index is 0.329. The molecule has 0 saturated carbocycles. The van der Waals surface area contributed by atoms with E-state index in [1.165, 1.54) is 12.0 Å². The van der Waals surface area contributed by atoms with Crippen molar-refractivity contribution in [3.8, 4) is 6.01 Å². The minimum atomic E-state index is 0.329. The van der Waals surface area contributed by atoms with E-state index < -0.39 is 0 Å². The largest absolute Gasteiger partial charge is 0.463 e. The molecule has 2 aromatic heterocycles. The first-order valence-corrected chi connectivity index (χ1v) is 9.86. The third-order valence-electron chi connectivity index (χ3n) is 4.68. The van der Waals surface area contributed by atoms with E-state index in [4.69, 9.17) is 4.74 Å². The van der Waals surface area contributed by atoms with Gasteiger partial charge in [-0.05, 0) is 31.0 Å². The molecular formula is C22H24N6O. The number of hydrogen-bond donors (Lipinski definition) is 0. The Hall–Kier alpha value is -3.35. The smallest absolute Gasteiger partial charge is 0.320 e. The third-order valence-corrected chi connectivity index (χ3v) is 4.68. The molecule has 0 aliphatic carbocycles. The molecule has 0 amide bonds. The van der Waals surface area contributed by atoms with Crippen molar-refractivity contribution in [1.82, 2.24) is 15.0 Å². The number of azo groups is 1. The summed E-state index contributed by atoms with van der Waals surface area (Å²) in [6, 6.07) is 16.3. The molecule has 1 fully saturated rings.